The monoisotopic (exact) mass is 289 g/mol. The molecule has 2 fully saturated rings. The molecule has 3 N–H and O–H groups in total. The minimum Gasteiger partial charge on any atom is -0.355 e. The van der Waals surface area contributed by atoms with Crippen LogP contribution in [0.15, 0.2) is 0 Å². The highest BCUT2D eigenvalue weighted by molar-refractivity contribution is 7.89. The third-order valence-electron chi connectivity index (χ3n) is 3.96. The lowest BCUT2D eigenvalue weighted by Gasteiger charge is -2.16. The summed E-state index contributed by atoms with van der Waals surface area (Å²) in [6.07, 6.45) is 4.28. The summed E-state index contributed by atoms with van der Waals surface area (Å²) in [6, 6.07) is 0.115. The normalized spacial score (nSPS) is 28.7. The highest BCUT2D eigenvalue weighted by Crippen LogP contribution is 2.23. The van der Waals surface area contributed by atoms with Gasteiger partial charge in [-0.15, -0.1) is 0 Å². The average Bonchev–Trinajstić information content (AvgIpc) is 2.99. The number of carbonyl (C=O) groups excluding carboxylic acids is 1. The molecule has 0 aromatic heterocycles. The van der Waals surface area contributed by atoms with Crippen molar-refractivity contribution in [1.82, 2.24) is 9.62 Å². The van der Waals surface area contributed by atoms with E-state index in [1.54, 1.807) is 0 Å². The van der Waals surface area contributed by atoms with Crippen molar-refractivity contribution in [2.45, 2.75) is 38.1 Å². The third kappa shape index (κ3) is 3.90. The van der Waals surface area contributed by atoms with E-state index in [1.807, 2.05) is 0 Å². The van der Waals surface area contributed by atoms with Crippen molar-refractivity contribution in [1.29, 1.82) is 0 Å². The molecule has 0 radical (unpaired) electrons. The number of nitrogens with zero attached hydrogens (tertiary/aromatic N) is 1. The number of nitrogens with one attached hydrogen (secondary N) is 1. The molecular weight excluding hydrogens is 266 g/mol. The molecule has 1 aliphatic carbocycles. The topological polar surface area (TPSA) is 92.5 Å². The smallest absolute Gasteiger partial charge is 0.223 e. The lowest BCUT2D eigenvalue weighted by atomic mass is 10.1. The average molecular weight is 289 g/mol. The largest absolute Gasteiger partial charge is 0.355 e. The van der Waals surface area contributed by atoms with Gasteiger partial charge in [0.25, 0.3) is 0 Å². The number of hydrogen-bond donors (Lipinski definition) is 2. The zero-order valence-electron chi connectivity index (χ0n) is 11.2. The molecule has 0 spiro atoms. The van der Waals surface area contributed by atoms with Crippen molar-refractivity contribution in [3.63, 3.8) is 0 Å². The molecule has 1 saturated heterocycles. The number of amides is 1. The lowest BCUT2D eigenvalue weighted by molar-refractivity contribution is -0.124. The summed E-state index contributed by atoms with van der Waals surface area (Å²) in [5, 5.41) is 2.72. The van der Waals surface area contributed by atoms with Gasteiger partial charge in [0.15, 0.2) is 0 Å². The molecule has 0 aromatic rings. The Bertz CT molecular complexity index is 418. The number of hydrogen-bond acceptors (Lipinski definition) is 4. The van der Waals surface area contributed by atoms with Crippen LogP contribution in [-0.2, 0) is 14.8 Å². The van der Waals surface area contributed by atoms with Crippen LogP contribution in [0, 0.1) is 5.92 Å². The fraction of sp³-hybridized carbons (Fsp3) is 0.917. The number of carbonyl (C=O) groups is 1. The van der Waals surface area contributed by atoms with Gasteiger partial charge in [-0.3, -0.25) is 4.79 Å². The Balaban J connectivity index is 1.72. The molecule has 2 unspecified atom stereocenters. The molecule has 1 heterocycles. The molecule has 2 atom stereocenters. The van der Waals surface area contributed by atoms with E-state index in [0.717, 1.165) is 25.7 Å². The first-order valence-corrected chi connectivity index (χ1v) is 8.61. The molecule has 19 heavy (non-hydrogen) atoms. The van der Waals surface area contributed by atoms with Gasteiger partial charge in [0, 0.05) is 31.6 Å². The SMILES string of the molecule is NC1CCC(C(=O)NCCS(=O)(=O)N2CCCC2)C1. The quantitative estimate of drug-likeness (QED) is 0.724. The minimum atomic E-state index is -3.20. The maximum Gasteiger partial charge on any atom is 0.223 e. The Labute approximate surface area is 114 Å². The first-order chi connectivity index (χ1) is 8.99. The highest BCUT2D eigenvalue weighted by atomic mass is 32.2. The second kappa shape index (κ2) is 6.19. The molecule has 6 nitrogen and oxygen atoms in total. The third-order valence-corrected chi connectivity index (χ3v) is 5.83. The molecule has 1 saturated carbocycles. The van der Waals surface area contributed by atoms with Crippen LogP contribution < -0.4 is 11.1 Å². The number of sulfonamides is 1. The summed E-state index contributed by atoms with van der Waals surface area (Å²) in [6.45, 7) is 1.44. The van der Waals surface area contributed by atoms with Crippen molar-refractivity contribution in [2.24, 2.45) is 11.7 Å². The van der Waals surface area contributed by atoms with Crippen molar-refractivity contribution < 1.29 is 13.2 Å². The Morgan fingerprint density at radius 2 is 1.95 bits per heavy atom. The fourth-order valence-corrected chi connectivity index (χ4v) is 4.23. The first-order valence-electron chi connectivity index (χ1n) is 7.00. The van der Waals surface area contributed by atoms with Crippen LogP contribution in [0.25, 0.3) is 0 Å². The van der Waals surface area contributed by atoms with Crippen LogP contribution in [0.4, 0.5) is 0 Å². The zero-order chi connectivity index (χ0) is 13.9. The van der Waals surface area contributed by atoms with Crippen LogP contribution in [0.3, 0.4) is 0 Å². The molecular formula is C12H23N3O3S. The van der Waals surface area contributed by atoms with Gasteiger partial charge in [-0.1, -0.05) is 0 Å². The molecule has 0 aromatic carbocycles. The highest BCUT2D eigenvalue weighted by Gasteiger charge is 2.28. The summed E-state index contributed by atoms with van der Waals surface area (Å²) >= 11 is 0. The second-order valence-electron chi connectivity index (χ2n) is 5.48. The van der Waals surface area contributed by atoms with Gasteiger partial charge in [0.1, 0.15) is 0 Å². The van der Waals surface area contributed by atoms with Crippen molar-refractivity contribution in [3.05, 3.63) is 0 Å². The molecule has 1 aliphatic heterocycles. The number of rotatable bonds is 5. The second-order valence-corrected chi connectivity index (χ2v) is 7.57. The van der Waals surface area contributed by atoms with Gasteiger partial charge in [-0.2, -0.15) is 0 Å². The van der Waals surface area contributed by atoms with Crippen LogP contribution in [-0.4, -0.2) is 50.1 Å². The Morgan fingerprint density at radius 3 is 2.53 bits per heavy atom. The molecule has 7 heteroatoms. The van der Waals surface area contributed by atoms with Crippen molar-refractivity contribution >= 4 is 15.9 Å². The van der Waals surface area contributed by atoms with Crippen LogP contribution in [0.5, 0.6) is 0 Å². The maximum atomic E-state index is 11.9. The van der Waals surface area contributed by atoms with Gasteiger partial charge in [0.05, 0.1) is 5.75 Å². The van der Waals surface area contributed by atoms with E-state index in [9.17, 15) is 13.2 Å². The Morgan fingerprint density at radius 1 is 1.26 bits per heavy atom. The molecule has 0 bridgehead atoms. The van der Waals surface area contributed by atoms with E-state index in [0.29, 0.717) is 19.5 Å². The first kappa shape index (κ1) is 14.7. The van der Waals surface area contributed by atoms with E-state index in [4.69, 9.17) is 5.73 Å². The van der Waals surface area contributed by atoms with Gasteiger partial charge in [-0.05, 0) is 32.1 Å². The van der Waals surface area contributed by atoms with Gasteiger partial charge in [0.2, 0.25) is 15.9 Å². The van der Waals surface area contributed by atoms with Gasteiger partial charge < -0.3 is 11.1 Å². The van der Waals surface area contributed by atoms with Crippen LogP contribution in [0.1, 0.15) is 32.1 Å². The van der Waals surface area contributed by atoms with E-state index < -0.39 is 10.0 Å². The molecule has 110 valence electrons. The van der Waals surface area contributed by atoms with Gasteiger partial charge >= 0.3 is 0 Å². The van der Waals surface area contributed by atoms with Crippen LogP contribution >= 0.6 is 0 Å². The predicted octanol–water partition coefficient (Wildman–Crippen LogP) is -0.344. The standard InChI is InChI=1S/C12H23N3O3S/c13-11-4-3-10(9-11)12(16)14-5-8-19(17,18)15-6-1-2-7-15/h10-11H,1-9,13H2,(H,14,16). The fourth-order valence-electron chi connectivity index (χ4n) is 2.80. The van der Waals surface area contributed by atoms with Gasteiger partial charge in [-0.25, -0.2) is 12.7 Å². The van der Waals surface area contributed by atoms with E-state index in [2.05, 4.69) is 5.32 Å². The predicted molar refractivity (Wildman–Crippen MR) is 72.9 cm³/mol. The minimum absolute atomic E-state index is 0.00247. The maximum absolute atomic E-state index is 11.9. The van der Waals surface area contributed by atoms with E-state index in [-0.39, 0.29) is 30.2 Å². The van der Waals surface area contributed by atoms with E-state index in [1.165, 1.54) is 4.31 Å². The summed E-state index contributed by atoms with van der Waals surface area (Å²) in [7, 11) is -3.20. The Kier molecular flexibility index (Phi) is 4.81. The molecule has 1 amide bonds. The van der Waals surface area contributed by atoms with E-state index >= 15 is 0 Å². The molecule has 2 rings (SSSR count). The summed E-state index contributed by atoms with van der Waals surface area (Å²) < 4.78 is 25.4. The number of nitrogens with two attached hydrogens (primary N) is 1. The Hall–Kier alpha value is -0.660. The summed E-state index contributed by atoms with van der Waals surface area (Å²) in [4.78, 5) is 11.8. The van der Waals surface area contributed by atoms with Crippen LogP contribution in [0.2, 0.25) is 0 Å². The molecule has 2 aliphatic rings. The zero-order valence-corrected chi connectivity index (χ0v) is 12.0. The van der Waals surface area contributed by atoms with Crippen molar-refractivity contribution in [2.75, 3.05) is 25.4 Å². The summed E-state index contributed by atoms with van der Waals surface area (Å²) in [5.74, 6) is -0.0913. The lowest BCUT2D eigenvalue weighted by Crippen LogP contribution is -2.38. The summed E-state index contributed by atoms with van der Waals surface area (Å²) in [5.41, 5.74) is 5.76. The van der Waals surface area contributed by atoms with Crippen molar-refractivity contribution in [3.8, 4) is 0 Å².